The van der Waals surface area contributed by atoms with Crippen molar-refractivity contribution in [3.05, 3.63) is 85.1 Å². The second-order valence-corrected chi connectivity index (χ2v) is 13.6. The molecule has 0 bridgehead atoms. The van der Waals surface area contributed by atoms with E-state index in [4.69, 9.17) is 39.5 Å². The molecule has 1 heterocycles. The van der Waals surface area contributed by atoms with Gasteiger partial charge in [-0.25, -0.2) is 0 Å². The van der Waals surface area contributed by atoms with Crippen LogP contribution < -0.4 is 4.74 Å². The quantitative estimate of drug-likeness (QED) is 0.368. The molecule has 0 fully saturated rings. The number of Topliss-reactive ketones (excluding diaryl/α,β-unsaturated/α-hetero) is 2. The Kier molecular flexibility index (Phi) is 6.99. The van der Waals surface area contributed by atoms with E-state index in [9.17, 15) is 9.59 Å². The largest absolute Gasteiger partial charge is 0.489 e. The Balaban J connectivity index is 1.66. The molecule has 0 saturated carbocycles. The van der Waals surface area contributed by atoms with Crippen LogP contribution in [0.15, 0.2) is 58.9 Å². The lowest BCUT2D eigenvalue weighted by molar-refractivity contribution is -0.119. The standard InChI is InChI=1S/C31H32Cl3NO3/c1-30(2)12-22-28(24(36)14-30)27(29-23(35(22)5)13-31(3,4)15-25(29)37)19-11-18(32)7-9-26(19)38-16-17-6-8-20(33)21(34)10-17/h6-11,27H,12-16H2,1-5H3. The first-order valence-corrected chi connectivity index (χ1v) is 14.0. The summed E-state index contributed by atoms with van der Waals surface area (Å²) in [6, 6.07) is 10.8. The van der Waals surface area contributed by atoms with Gasteiger partial charge in [-0.15, -0.1) is 0 Å². The van der Waals surface area contributed by atoms with E-state index in [2.05, 4.69) is 32.6 Å². The third-order valence-corrected chi connectivity index (χ3v) is 8.82. The van der Waals surface area contributed by atoms with Gasteiger partial charge in [0.1, 0.15) is 12.4 Å². The van der Waals surface area contributed by atoms with Gasteiger partial charge in [0.15, 0.2) is 11.6 Å². The summed E-state index contributed by atoms with van der Waals surface area (Å²) in [6.45, 7) is 8.76. The molecule has 5 rings (SSSR count). The zero-order chi connectivity index (χ0) is 27.6. The molecule has 0 aromatic heterocycles. The van der Waals surface area contributed by atoms with Crippen LogP contribution in [0, 0.1) is 10.8 Å². The van der Waals surface area contributed by atoms with Gasteiger partial charge in [0.05, 0.1) is 10.0 Å². The lowest BCUT2D eigenvalue weighted by Gasteiger charge is -2.48. The Morgan fingerprint density at radius 3 is 1.95 bits per heavy atom. The second-order valence-electron chi connectivity index (χ2n) is 12.3. The molecule has 3 aliphatic rings. The fourth-order valence-electron chi connectivity index (χ4n) is 6.14. The maximum Gasteiger partial charge on any atom is 0.162 e. The van der Waals surface area contributed by atoms with Gasteiger partial charge in [0, 0.05) is 58.9 Å². The van der Waals surface area contributed by atoms with Crippen molar-refractivity contribution in [2.45, 2.75) is 65.9 Å². The zero-order valence-electron chi connectivity index (χ0n) is 22.4. The van der Waals surface area contributed by atoms with Crippen LogP contribution in [0.2, 0.25) is 15.1 Å². The maximum atomic E-state index is 13.8. The first-order valence-electron chi connectivity index (χ1n) is 12.9. The maximum absolute atomic E-state index is 13.8. The number of ketones is 2. The number of benzene rings is 2. The lowest BCUT2D eigenvalue weighted by Crippen LogP contribution is -2.43. The highest BCUT2D eigenvalue weighted by molar-refractivity contribution is 6.42. The van der Waals surface area contributed by atoms with Gasteiger partial charge in [0.2, 0.25) is 0 Å². The highest BCUT2D eigenvalue weighted by Crippen LogP contribution is 2.55. The molecule has 2 aromatic rings. The molecule has 2 aliphatic carbocycles. The number of nitrogens with zero attached hydrogens (tertiary/aromatic N) is 1. The average Bonchev–Trinajstić information content (AvgIpc) is 2.80. The SMILES string of the molecule is CN1C2=C(C(=O)CC(C)(C)C2)C(c2cc(Cl)ccc2OCc2ccc(Cl)c(Cl)c2)C2=C1CC(C)(C)CC2=O. The molecule has 200 valence electrons. The summed E-state index contributed by atoms with van der Waals surface area (Å²) in [7, 11) is 2.00. The molecule has 0 spiro atoms. The predicted molar refractivity (Wildman–Crippen MR) is 153 cm³/mol. The summed E-state index contributed by atoms with van der Waals surface area (Å²) in [6.07, 6.45) is 2.37. The van der Waals surface area contributed by atoms with Crippen LogP contribution >= 0.6 is 34.8 Å². The molecule has 0 radical (unpaired) electrons. The van der Waals surface area contributed by atoms with Crippen molar-refractivity contribution in [2.75, 3.05) is 7.05 Å². The van der Waals surface area contributed by atoms with E-state index in [0.717, 1.165) is 35.4 Å². The number of hydrogen-bond donors (Lipinski definition) is 0. The van der Waals surface area contributed by atoms with Crippen LogP contribution in [0.25, 0.3) is 0 Å². The molecular formula is C31H32Cl3NO3. The summed E-state index contributed by atoms with van der Waals surface area (Å²) in [5.41, 5.74) is 4.65. The van der Waals surface area contributed by atoms with E-state index in [0.29, 0.717) is 44.8 Å². The first kappa shape index (κ1) is 27.3. The Morgan fingerprint density at radius 1 is 0.816 bits per heavy atom. The lowest BCUT2D eigenvalue weighted by atomic mass is 9.63. The number of hydrogen-bond acceptors (Lipinski definition) is 4. The monoisotopic (exact) mass is 571 g/mol. The summed E-state index contributed by atoms with van der Waals surface area (Å²) < 4.78 is 6.32. The van der Waals surface area contributed by atoms with Gasteiger partial charge in [-0.05, 0) is 59.6 Å². The van der Waals surface area contributed by atoms with Crippen molar-refractivity contribution in [3.63, 3.8) is 0 Å². The Bertz CT molecular complexity index is 1370. The van der Waals surface area contributed by atoms with Crippen molar-refractivity contribution in [1.29, 1.82) is 0 Å². The van der Waals surface area contributed by atoms with Crippen LogP contribution in [0.3, 0.4) is 0 Å². The molecule has 7 heteroatoms. The number of carbonyl (C=O) groups excluding carboxylic acids is 2. The normalized spacial score (nSPS) is 21.0. The summed E-state index contributed by atoms with van der Waals surface area (Å²) >= 11 is 18.8. The zero-order valence-corrected chi connectivity index (χ0v) is 24.7. The van der Waals surface area contributed by atoms with Crippen molar-refractivity contribution in [3.8, 4) is 5.75 Å². The summed E-state index contributed by atoms with van der Waals surface area (Å²) in [5, 5.41) is 1.46. The number of halogens is 3. The van der Waals surface area contributed by atoms with Gasteiger partial charge in [0.25, 0.3) is 0 Å². The minimum atomic E-state index is -0.522. The van der Waals surface area contributed by atoms with Gasteiger partial charge < -0.3 is 9.64 Å². The van der Waals surface area contributed by atoms with Crippen molar-refractivity contribution in [2.24, 2.45) is 10.8 Å². The third-order valence-electron chi connectivity index (χ3n) is 7.84. The Morgan fingerprint density at radius 2 is 1.39 bits per heavy atom. The number of carbonyl (C=O) groups is 2. The van der Waals surface area contributed by atoms with E-state index in [1.807, 2.05) is 25.2 Å². The molecule has 38 heavy (non-hydrogen) atoms. The minimum absolute atomic E-state index is 0.0766. The van der Waals surface area contributed by atoms with Gasteiger partial charge in [-0.2, -0.15) is 0 Å². The number of rotatable bonds is 4. The second kappa shape index (κ2) is 9.73. The molecule has 1 aliphatic heterocycles. The molecule has 4 nitrogen and oxygen atoms in total. The predicted octanol–water partition coefficient (Wildman–Crippen LogP) is 8.54. The molecule has 0 saturated heterocycles. The van der Waals surface area contributed by atoms with Gasteiger partial charge in [-0.1, -0.05) is 68.6 Å². The topological polar surface area (TPSA) is 46.6 Å². The van der Waals surface area contributed by atoms with Crippen LogP contribution in [0.4, 0.5) is 0 Å². The number of ether oxygens (including phenoxy) is 1. The van der Waals surface area contributed by atoms with Crippen LogP contribution in [-0.4, -0.2) is 23.5 Å². The smallest absolute Gasteiger partial charge is 0.162 e. The molecule has 2 aromatic carbocycles. The summed E-state index contributed by atoms with van der Waals surface area (Å²) in [5.74, 6) is 0.218. The van der Waals surface area contributed by atoms with Crippen molar-refractivity contribution in [1.82, 2.24) is 4.90 Å². The van der Waals surface area contributed by atoms with Crippen LogP contribution in [0.5, 0.6) is 5.75 Å². The molecular weight excluding hydrogens is 541 g/mol. The number of allylic oxidation sites excluding steroid dienone is 4. The fourth-order valence-corrected chi connectivity index (χ4v) is 6.64. The van der Waals surface area contributed by atoms with Crippen molar-refractivity contribution < 1.29 is 14.3 Å². The van der Waals surface area contributed by atoms with Crippen LogP contribution in [-0.2, 0) is 16.2 Å². The van der Waals surface area contributed by atoms with E-state index < -0.39 is 5.92 Å². The van der Waals surface area contributed by atoms with E-state index in [-0.39, 0.29) is 29.0 Å². The van der Waals surface area contributed by atoms with Crippen LogP contribution in [0.1, 0.15) is 70.4 Å². The fraction of sp³-hybridized carbons (Fsp3) is 0.419. The van der Waals surface area contributed by atoms with E-state index in [1.165, 1.54) is 0 Å². The van der Waals surface area contributed by atoms with E-state index >= 15 is 0 Å². The van der Waals surface area contributed by atoms with E-state index in [1.54, 1.807) is 18.2 Å². The third kappa shape index (κ3) is 5.03. The Labute approximate surface area is 239 Å². The molecule has 0 unspecified atom stereocenters. The van der Waals surface area contributed by atoms with Crippen molar-refractivity contribution >= 4 is 46.4 Å². The molecule has 0 amide bonds. The molecule has 0 N–H and O–H groups in total. The van der Waals surface area contributed by atoms with Gasteiger partial charge >= 0.3 is 0 Å². The summed E-state index contributed by atoms with van der Waals surface area (Å²) in [4.78, 5) is 29.7. The average molecular weight is 573 g/mol. The minimum Gasteiger partial charge on any atom is -0.489 e. The Hall–Kier alpha value is -2.27. The van der Waals surface area contributed by atoms with Gasteiger partial charge in [-0.3, -0.25) is 9.59 Å². The highest BCUT2D eigenvalue weighted by atomic mass is 35.5. The first-order chi connectivity index (χ1) is 17.8. The highest BCUT2D eigenvalue weighted by Gasteiger charge is 2.48. The molecule has 0 atom stereocenters.